The fraction of sp³-hybridized carbons (Fsp3) is 0.444. The Bertz CT molecular complexity index is 484. The van der Waals surface area contributed by atoms with Gasteiger partial charge >= 0.3 is 6.01 Å². The minimum Gasteiger partial charge on any atom is -0.460 e. The van der Waals surface area contributed by atoms with Gasteiger partial charge in [0.1, 0.15) is 12.7 Å². The number of hydrogen-bond acceptors (Lipinski definition) is 7. The van der Waals surface area contributed by atoms with Gasteiger partial charge < -0.3 is 10.5 Å². The maximum absolute atomic E-state index is 5.58. The van der Waals surface area contributed by atoms with Crippen molar-refractivity contribution in [2.45, 2.75) is 26.4 Å². The Morgan fingerprint density at radius 2 is 2.24 bits per heavy atom. The van der Waals surface area contributed by atoms with Gasteiger partial charge in [-0.3, -0.25) is 0 Å². The molecule has 2 N–H and O–H groups in total. The van der Waals surface area contributed by atoms with Crippen LogP contribution in [0.15, 0.2) is 12.7 Å². The average Bonchev–Trinajstić information content (AvgIpc) is 2.81. The summed E-state index contributed by atoms with van der Waals surface area (Å²) in [5, 5.41) is 3.91. The van der Waals surface area contributed by atoms with Crippen molar-refractivity contribution in [1.29, 1.82) is 0 Å². The molecule has 0 amide bonds. The lowest BCUT2D eigenvalue weighted by molar-refractivity contribution is 0.198. The van der Waals surface area contributed by atoms with Gasteiger partial charge in [-0.25, -0.2) is 4.98 Å². The molecule has 8 heteroatoms. The van der Waals surface area contributed by atoms with Crippen LogP contribution < -0.4 is 10.5 Å². The Morgan fingerprint density at radius 1 is 1.41 bits per heavy atom. The number of rotatable bonds is 4. The van der Waals surface area contributed by atoms with Gasteiger partial charge in [-0.05, 0) is 13.3 Å². The van der Waals surface area contributed by atoms with Crippen LogP contribution in [0.5, 0.6) is 6.01 Å². The Hall–Kier alpha value is -2.25. The summed E-state index contributed by atoms with van der Waals surface area (Å²) in [6.45, 7) is 3.93. The van der Waals surface area contributed by atoms with Crippen molar-refractivity contribution in [3.8, 4) is 12.0 Å². The lowest BCUT2D eigenvalue weighted by Gasteiger charge is -2.11. The lowest BCUT2D eigenvalue weighted by atomic mass is 10.3. The number of nitrogen functional groups attached to an aromatic ring is 1. The van der Waals surface area contributed by atoms with E-state index in [9.17, 15) is 0 Å². The molecule has 17 heavy (non-hydrogen) atoms. The van der Waals surface area contributed by atoms with E-state index in [0.29, 0.717) is 0 Å². The molecule has 0 bridgehead atoms. The second kappa shape index (κ2) is 4.73. The second-order valence-corrected chi connectivity index (χ2v) is 3.45. The van der Waals surface area contributed by atoms with Crippen LogP contribution in [0.3, 0.4) is 0 Å². The van der Waals surface area contributed by atoms with Gasteiger partial charge in [-0.15, -0.1) is 0 Å². The first-order chi connectivity index (χ1) is 8.19. The van der Waals surface area contributed by atoms with Gasteiger partial charge in [0, 0.05) is 0 Å². The molecule has 0 aliphatic rings. The molecule has 0 saturated heterocycles. The summed E-state index contributed by atoms with van der Waals surface area (Å²) in [6.07, 6.45) is 3.72. The predicted octanol–water partition coefficient (Wildman–Crippen LogP) is 0.212. The molecule has 2 heterocycles. The fourth-order valence-corrected chi connectivity index (χ4v) is 1.09. The quantitative estimate of drug-likeness (QED) is 0.807. The number of ether oxygens (including phenoxy) is 1. The number of anilines is 1. The summed E-state index contributed by atoms with van der Waals surface area (Å²) < 4.78 is 6.87. The van der Waals surface area contributed by atoms with Crippen LogP contribution in [-0.2, 0) is 0 Å². The zero-order valence-electron chi connectivity index (χ0n) is 9.61. The molecule has 0 aliphatic heterocycles. The molecule has 0 aliphatic carbocycles. The number of nitrogens with zero attached hydrogens (tertiary/aromatic N) is 6. The van der Waals surface area contributed by atoms with Gasteiger partial charge in [-0.1, -0.05) is 6.92 Å². The molecule has 0 radical (unpaired) electrons. The molecule has 90 valence electrons. The first-order valence-electron chi connectivity index (χ1n) is 5.22. The molecule has 2 rings (SSSR count). The zero-order valence-corrected chi connectivity index (χ0v) is 9.61. The van der Waals surface area contributed by atoms with E-state index in [-0.39, 0.29) is 24.0 Å². The van der Waals surface area contributed by atoms with Gasteiger partial charge in [0.25, 0.3) is 5.95 Å². The average molecular weight is 235 g/mol. The zero-order chi connectivity index (χ0) is 12.3. The highest BCUT2D eigenvalue weighted by Gasteiger charge is 2.10. The molecule has 2 aromatic heterocycles. The SMILES string of the molecule is CCC(C)Oc1nc(N)nc(-n2cncn2)n1. The minimum atomic E-state index is 0.0143. The topological polar surface area (TPSA) is 105 Å². The number of aromatic nitrogens is 6. The van der Waals surface area contributed by atoms with E-state index < -0.39 is 0 Å². The molecule has 0 spiro atoms. The van der Waals surface area contributed by atoms with E-state index in [4.69, 9.17) is 10.5 Å². The number of hydrogen-bond donors (Lipinski definition) is 1. The first-order valence-corrected chi connectivity index (χ1v) is 5.22. The summed E-state index contributed by atoms with van der Waals surface area (Å²) in [7, 11) is 0. The Morgan fingerprint density at radius 3 is 2.88 bits per heavy atom. The Labute approximate surface area is 97.9 Å². The van der Waals surface area contributed by atoms with E-state index >= 15 is 0 Å². The summed E-state index contributed by atoms with van der Waals surface area (Å²) >= 11 is 0. The van der Waals surface area contributed by atoms with Crippen LogP contribution >= 0.6 is 0 Å². The monoisotopic (exact) mass is 235 g/mol. The maximum atomic E-state index is 5.58. The van der Waals surface area contributed by atoms with Crippen molar-refractivity contribution >= 4 is 5.95 Å². The van der Waals surface area contributed by atoms with Crippen LogP contribution in [-0.4, -0.2) is 35.8 Å². The van der Waals surface area contributed by atoms with Crippen LogP contribution in [0.25, 0.3) is 5.95 Å². The predicted molar refractivity (Wildman–Crippen MR) is 59.5 cm³/mol. The molecule has 8 nitrogen and oxygen atoms in total. The maximum Gasteiger partial charge on any atom is 0.323 e. The van der Waals surface area contributed by atoms with Crippen molar-refractivity contribution in [1.82, 2.24) is 29.7 Å². The normalized spacial score (nSPS) is 12.4. The highest BCUT2D eigenvalue weighted by molar-refractivity contribution is 5.24. The summed E-state index contributed by atoms with van der Waals surface area (Å²) in [4.78, 5) is 15.8. The van der Waals surface area contributed by atoms with Crippen LogP contribution in [0.1, 0.15) is 20.3 Å². The van der Waals surface area contributed by atoms with Crippen molar-refractivity contribution < 1.29 is 4.74 Å². The minimum absolute atomic E-state index is 0.0143. The third-order valence-corrected chi connectivity index (χ3v) is 2.13. The van der Waals surface area contributed by atoms with E-state index in [0.717, 1.165) is 6.42 Å². The Kier molecular flexibility index (Phi) is 3.12. The molecule has 1 atom stereocenters. The van der Waals surface area contributed by atoms with Crippen molar-refractivity contribution in [2.75, 3.05) is 5.73 Å². The highest BCUT2D eigenvalue weighted by atomic mass is 16.5. The molecule has 0 fully saturated rings. The first kappa shape index (κ1) is 11.2. The van der Waals surface area contributed by atoms with Gasteiger partial charge in [0.05, 0.1) is 6.10 Å². The van der Waals surface area contributed by atoms with Crippen molar-refractivity contribution in [3.05, 3.63) is 12.7 Å². The van der Waals surface area contributed by atoms with Crippen LogP contribution in [0.4, 0.5) is 5.95 Å². The van der Waals surface area contributed by atoms with E-state index in [1.54, 1.807) is 0 Å². The van der Waals surface area contributed by atoms with Gasteiger partial charge in [0.2, 0.25) is 5.95 Å². The summed E-state index contributed by atoms with van der Waals surface area (Å²) in [5.41, 5.74) is 5.58. The van der Waals surface area contributed by atoms with E-state index in [1.165, 1.54) is 17.3 Å². The number of nitrogens with two attached hydrogens (primary N) is 1. The Balaban J connectivity index is 2.30. The molecular weight excluding hydrogens is 222 g/mol. The summed E-state index contributed by atoms with van der Waals surface area (Å²) in [6, 6.07) is 0.192. The van der Waals surface area contributed by atoms with Crippen molar-refractivity contribution in [3.63, 3.8) is 0 Å². The van der Waals surface area contributed by atoms with Crippen molar-refractivity contribution in [2.24, 2.45) is 0 Å². The second-order valence-electron chi connectivity index (χ2n) is 3.45. The van der Waals surface area contributed by atoms with E-state index in [2.05, 4.69) is 25.0 Å². The van der Waals surface area contributed by atoms with E-state index in [1.807, 2.05) is 13.8 Å². The van der Waals surface area contributed by atoms with Gasteiger partial charge in [-0.2, -0.15) is 24.7 Å². The molecule has 0 aromatic carbocycles. The standard InChI is InChI=1S/C9H13N7O/c1-3-6(2)17-9-14-7(10)13-8(15-9)16-5-11-4-12-16/h4-6H,3H2,1-2H3,(H2,10,13,14,15). The third-order valence-electron chi connectivity index (χ3n) is 2.13. The van der Waals surface area contributed by atoms with Crippen LogP contribution in [0.2, 0.25) is 0 Å². The molecular formula is C9H13N7O. The molecule has 0 saturated carbocycles. The van der Waals surface area contributed by atoms with Crippen LogP contribution in [0, 0.1) is 0 Å². The smallest absolute Gasteiger partial charge is 0.323 e. The van der Waals surface area contributed by atoms with Gasteiger partial charge in [0.15, 0.2) is 0 Å². The third kappa shape index (κ3) is 2.65. The highest BCUT2D eigenvalue weighted by Crippen LogP contribution is 2.10. The molecule has 2 aromatic rings. The fourth-order valence-electron chi connectivity index (χ4n) is 1.09. The molecule has 1 unspecified atom stereocenters. The largest absolute Gasteiger partial charge is 0.460 e. The lowest BCUT2D eigenvalue weighted by Crippen LogP contribution is -2.15. The summed E-state index contributed by atoms with van der Waals surface area (Å²) in [5.74, 6) is 0.372.